The Morgan fingerprint density at radius 3 is 2.50 bits per heavy atom. The van der Waals surface area contributed by atoms with E-state index in [1.54, 1.807) is 18.2 Å². The summed E-state index contributed by atoms with van der Waals surface area (Å²) in [6, 6.07) is 23.0. The van der Waals surface area contributed by atoms with Crippen LogP contribution in [0.4, 0.5) is 11.4 Å². The van der Waals surface area contributed by atoms with Crippen LogP contribution in [0.15, 0.2) is 72.8 Å². The predicted molar refractivity (Wildman–Crippen MR) is 129 cm³/mol. The van der Waals surface area contributed by atoms with Gasteiger partial charge in [-0.25, -0.2) is 0 Å². The lowest BCUT2D eigenvalue weighted by Crippen LogP contribution is -2.16. The molecule has 0 radical (unpaired) electrons. The van der Waals surface area contributed by atoms with Crippen molar-refractivity contribution in [1.82, 2.24) is 4.90 Å². The van der Waals surface area contributed by atoms with Gasteiger partial charge in [0.1, 0.15) is 0 Å². The zero-order valence-electron chi connectivity index (χ0n) is 18.2. The molecular formula is C26H26N4O2. The molecule has 4 N–H and O–H groups in total. The van der Waals surface area contributed by atoms with Crippen molar-refractivity contribution in [1.29, 1.82) is 0 Å². The van der Waals surface area contributed by atoms with Crippen molar-refractivity contribution in [3.63, 3.8) is 0 Å². The van der Waals surface area contributed by atoms with Crippen molar-refractivity contribution < 1.29 is 9.59 Å². The molecule has 0 fully saturated rings. The summed E-state index contributed by atoms with van der Waals surface area (Å²) in [6.07, 6.45) is 0. The number of nitrogens with zero attached hydrogens (tertiary/aromatic N) is 1. The van der Waals surface area contributed by atoms with Crippen LogP contribution in [0.2, 0.25) is 0 Å². The van der Waals surface area contributed by atoms with Crippen LogP contribution < -0.4 is 16.4 Å². The van der Waals surface area contributed by atoms with Gasteiger partial charge in [-0.15, -0.1) is 0 Å². The average Bonchev–Trinajstić information content (AvgIpc) is 3.13. The Labute approximate surface area is 187 Å². The van der Waals surface area contributed by atoms with Gasteiger partial charge in [-0.2, -0.15) is 0 Å². The Kier molecular flexibility index (Phi) is 6.05. The first-order valence-electron chi connectivity index (χ1n) is 10.6. The van der Waals surface area contributed by atoms with E-state index in [2.05, 4.69) is 41.6 Å². The Balaban J connectivity index is 1.80. The number of benzene rings is 3. The molecule has 0 bridgehead atoms. The fourth-order valence-electron chi connectivity index (χ4n) is 3.77. The Morgan fingerprint density at radius 1 is 1.00 bits per heavy atom. The van der Waals surface area contributed by atoms with Crippen molar-refractivity contribution in [2.24, 2.45) is 5.73 Å². The number of fused-ring (bicyclic) bond motifs is 1. The zero-order chi connectivity index (χ0) is 22.7. The summed E-state index contributed by atoms with van der Waals surface area (Å²) in [5.41, 5.74) is 11.3. The summed E-state index contributed by atoms with van der Waals surface area (Å²) in [7, 11) is 2.08. The van der Waals surface area contributed by atoms with Crippen LogP contribution in [0.3, 0.4) is 0 Å². The van der Waals surface area contributed by atoms with Crippen LogP contribution in [0.1, 0.15) is 34.0 Å². The van der Waals surface area contributed by atoms with Crippen LogP contribution in [-0.4, -0.2) is 30.3 Å². The molecule has 3 aromatic rings. The quantitative estimate of drug-likeness (QED) is 0.495. The smallest absolute Gasteiger partial charge is 0.258 e. The third-order valence-corrected chi connectivity index (χ3v) is 5.55. The average molecular weight is 427 g/mol. The van der Waals surface area contributed by atoms with E-state index in [-0.39, 0.29) is 5.91 Å². The number of primary amides is 1. The Bertz CT molecular complexity index is 1200. The summed E-state index contributed by atoms with van der Waals surface area (Å²) in [5.74, 6) is -0.760. The molecule has 32 heavy (non-hydrogen) atoms. The monoisotopic (exact) mass is 426 g/mol. The maximum atomic E-state index is 13.0. The maximum Gasteiger partial charge on any atom is 0.258 e. The lowest BCUT2D eigenvalue weighted by molar-refractivity contribution is -0.110. The number of carbonyl (C=O) groups is 2. The summed E-state index contributed by atoms with van der Waals surface area (Å²) >= 11 is 0. The minimum absolute atomic E-state index is 0.227. The van der Waals surface area contributed by atoms with Gasteiger partial charge in [-0.1, -0.05) is 55.5 Å². The standard InChI is InChI=1S/C26H26N4O2/c1-3-30(2)16-17-8-7-11-20(14-17)28-24(18-9-5-4-6-10-18)23-21-13-12-19(25(27)31)15-22(21)29-26(23)32/h4-15,28H,3,16H2,1-2H3,(H2,27,31)(H,29,32)/b24-23-. The molecule has 0 aromatic heterocycles. The van der Waals surface area contributed by atoms with Crippen LogP contribution in [0, 0.1) is 0 Å². The number of anilines is 2. The van der Waals surface area contributed by atoms with Gasteiger partial charge in [0, 0.05) is 29.0 Å². The summed E-state index contributed by atoms with van der Waals surface area (Å²) < 4.78 is 0. The van der Waals surface area contributed by atoms with Gasteiger partial charge in [-0.3, -0.25) is 9.59 Å². The lowest BCUT2D eigenvalue weighted by atomic mass is 9.99. The number of carbonyl (C=O) groups excluding carboxylic acids is 2. The molecule has 0 spiro atoms. The van der Waals surface area contributed by atoms with E-state index in [1.165, 1.54) is 5.56 Å². The van der Waals surface area contributed by atoms with Crippen LogP contribution >= 0.6 is 0 Å². The molecule has 0 saturated carbocycles. The molecule has 3 aromatic carbocycles. The molecule has 6 nitrogen and oxygen atoms in total. The number of amides is 2. The van der Waals surface area contributed by atoms with Gasteiger partial charge in [0.2, 0.25) is 5.91 Å². The first-order valence-corrected chi connectivity index (χ1v) is 10.6. The molecule has 4 rings (SSSR count). The first-order chi connectivity index (χ1) is 15.5. The SMILES string of the molecule is CCN(C)Cc1cccc(N/C(=C2\C(=O)Nc3cc(C(N)=O)ccc32)c2ccccc2)c1. The molecule has 0 atom stereocenters. The van der Waals surface area contributed by atoms with Gasteiger partial charge < -0.3 is 21.3 Å². The third-order valence-electron chi connectivity index (χ3n) is 5.55. The largest absolute Gasteiger partial charge is 0.366 e. The molecular weight excluding hydrogens is 400 g/mol. The second-order valence-corrected chi connectivity index (χ2v) is 7.85. The lowest BCUT2D eigenvalue weighted by Gasteiger charge is -2.17. The highest BCUT2D eigenvalue weighted by atomic mass is 16.2. The number of nitrogens with one attached hydrogen (secondary N) is 2. The highest BCUT2D eigenvalue weighted by Gasteiger charge is 2.29. The van der Waals surface area contributed by atoms with Crippen LogP contribution in [-0.2, 0) is 11.3 Å². The van der Waals surface area contributed by atoms with Crippen LogP contribution in [0.5, 0.6) is 0 Å². The van der Waals surface area contributed by atoms with Crippen molar-refractivity contribution in [2.75, 3.05) is 24.2 Å². The van der Waals surface area contributed by atoms with Crippen molar-refractivity contribution in [3.05, 3.63) is 95.1 Å². The summed E-state index contributed by atoms with van der Waals surface area (Å²) in [6.45, 7) is 3.92. The fraction of sp³-hybridized carbons (Fsp3) is 0.154. The maximum absolute atomic E-state index is 13.0. The highest BCUT2D eigenvalue weighted by Crippen LogP contribution is 2.38. The van der Waals surface area contributed by atoms with Crippen molar-refractivity contribution in [2.45, 2.75) is 13.5 Å². The Morgan fingerprint density at radius 2 is 1.78 bits per heavy atom. The molecule has 0 aliphatic carbocycles. The van der Waals surface area contributed by atoms with E-state index in [9.17, 15) is 9.59 Å². The number of rotatable bonds is 7. The van der Waals surface area contributed by atoms with E-state index >= 15 is 0 Å². The number of nitrogens with two attached hydrogens (primary N) is 1. The van der Waals surface area contributed by atoms with Gasteiger partial charge >= 0.3 is 0 Å². The molecule has 0 saturated heterocycles. The van der Waals surface area contributed by atoms with Crippen LogP contribution in [0.25, 0.3) is 11.3 Å². The molecule has 6 heteroatoms. The first kappa shape index (κ1) is 21.3. The van der Waals surface area contributed by atoms with Gasteiger partial charge in [0.25, 0.3) is 5.91 Å². The second kappa shape index (κ2) is 9.08. The van der Waals surface area contributed by atoms with E-state index in [1.807, 2.05) is 42.5 Å². The third kappa shape index (κ3) is 4.40. The second-order valence-electron chi connectivity index (χ2n) is 7.85. The van der Waals surface area contributed by atoms with Gasteiger partial charge in [0.05, 0.1) is 11.3 Å². The summed E-state index contributed by atoms with van der Waals surface area (Å²) in [4.78, 5) is 26.8. The van der Waals surface area contributed by atoms with E-state index in [0.717, 1.165) is 29.9 Å². The van der Waals surface area contributed by atoms with E-state index in [4.69, 9.17) is 5.73 Å². The topological polar surface area (TPSA) is 87.5 Å². The van der Waals surface area contributed by atoms with Gasteiger partial charge in [0.15, 0.2) is 0 Å². The molecule has 1 aliphatic heterocycles. The van der Waals surface area contributed by atoms with Crippen molar-refractivity contribution >= 4 is 34.5 Å². The molecule has 2 amide bonds. The number of hydrogen-bond acceptors (Lipinski definition) is 4. The van der Waals surface area contributed by atoms with E-state index < -0.39 is 5.91 Å². The number of hydrogen-bond donors (Lipinski definition) is 3. The molecule has 1 aliphatic rings. The fourth-order valence-corrected chi connectivity index (χ4v) is 3.77. The Hall–Kier alpha value is -3.90. The molecule has 0 unspecified atom stereocenters. The minimum atomic E-state index is -0.533. The predicted octanol–water partition coefficient (Wildman–Crippen LogP) is 4.17. The van der Waals surface area contributed by atoms with Gasteiger partial charge in [-0.05, 0) is 49.0 Å². The highest BCUT2D eigenvalue weighted by molar-refractivity contribution is 6.37. The van der Waals surface area contributed by atoms with E-state index in [0.29, 0.717) is 22.5 Å². The zero-order valence-corrected chi connectivity index (χ0v) is 18.2. The molecule has 162 valence electrons. The summed E-state index contributed by atoms with van der Waals surface area (Å²) in [5, 5.41) is 6.36. The van der Waals surface area contributed by atoms with Crippen molar-refractivity contribution in [3.8, 4) is 0 Å². The molecule has 1 heterocycles. The minimum Gasteiger partial charge on any atom is -0.366 e. The normalized spacial score (nSPS) is 14.2.